The lowest BCUT2D eigenvalue weighted by Crippen LogP contribution is -2.59. The lowest BCUT2D eigenvalue weighted by atomic mass is 10.1. The number of carboxylic acids is 3. The highest BCUT2D eigenvalue weighted by Crippen LogP contribution is 2.05. The van der Waals surface area contributed by atoms with E-state index in [1.54, 1.807) is 0 Å². The predicted octanol–water partition coefficient (Wildman–Crippen LogP) is -5.43. The quantitative estimate of drug-likeness (QED) is 0.0424. The average molecular weight is 677 g/mol. The second kappa shape index (κ2) is 21.8. The van der Waals surface area contributed by atoms with Crippen LogP contribution >= 0.6 is 0 Å². The number of unbranched alkanes of at least 4 members (excludes halogenated alkanes) is 1. The summed E-state index contributed by atoms with van der Waals surface area (Å²) in [7, 11) is 0. The van der Waals surface area contributed by atoms with Crippen LogP contribution in [0.4, 0.5) is 0 Å². The second-order valence-electron chi connectivity index (χ2n) is 10.4. The van der Waals surface area contributed by atoms with Gasteiger partial charge in [-0.1, -0.05) is 6.42 Å². The van der Waals surface area contributed by atoms with Crippen molar-refractivity contribution in [2.75, 3.05) is 13.2 Å². The number of amides is 6. The van der Waals surface area contributed by atoms with E-state index in [1.165, 1.54) is 0 Å². The smallest absolute Gasteiger partial charge is 0.328 e. The van der Waals surface area contributed by atoms with Crippen molar-refractivity contribution in [3.63, 3.8) is 0 Å². The molecule has 0 saturated carbocycles. The van der Waals surface area contributed by atoms with Crippen LogP contribution in [0.25, 0.3) is 0 Å². The van der Waals surface area contributed by atoms with Gasteiger partial charge in [-0.3, -0.25) is 38.4 Å². The zero-order chi connectivity index (χ0) is 36.3. The van der Waals surface area contributed by atoms with E-state index in [0.29, 0.717) is 19.4 Å². The summed E-state index contributed by atoms with van der Waals surface area (Å²) < 4.78 is 0. The van der Waals surface area contributed by atoms with Crippen LogP contribution in [0.15, 0.2) is 0 Å². The fraction of sp³-hybridized carbons (Fsp3) is 0.654. The maximum Gasteiger partial charge on any atom is 0.328 e. The molecule has 0 saturated heterocycles. The number of aliphatic carboxylic acids is 3. The maximum atomic E-state index is 13.0. The van der Waals surface area contributed by atoms with Crippen LogP contribution in [0.3, 0.4) is 0 Å². The fourth-order valence-corrected chi connectivity index (χ4v) is 3.80. The van der Waals surface area contributed by atoms with Gasteiger partial charge in [0, 0.05) is 12.8 Å². The molecule has 21 heteroatoms. The molecule has 0 aliphatic carbocycles. The van der Waals surface area contributed by atoms with E-state index in [-0.39, 0.29) is 19.3 Å². The summed E-state index contributed by atoms with van der Waals surface area (Å²) in [5, 5.41) is 47.2. The number of primary amides is 1. The largest absolute Gasteiger partial charge is 0.481 e. The van der Waals surface area contributed by atoms with E-state index in [0.717, 1.165) is 6.92 Å². The Morgan fingerprint density at radius 2 is 1.11 bits per heavy atom. The number of nitrogens with two attached hydrogens (primary N) is 3. The minimum atomic E-state index is -1.88. The van der Waals surface area contributed by atoms with Crippen molar-refractivity contribution in [2.45, 2.75) is 94.5 Å². The van der Waals surface area contributed by atoms with Crippen LogP contribution in [0.2, 0.25) is 0 Å². The highest BCUT2D eigenvalue weighted by molar-refractivity contribution is 5.97. The van der Waals surface area contributed by atoms with Gasteiger partial charge >= 0.3 is 17.9 Å². The van der Waals surface area contributed by atoms with Gasteiger partial charge in [-0.05, 0) is 39.2 Å². The van der Waals surface area contributed by atoms with E-state index in [4.69, 9.17) is 32.5 Å². The molecule has 0 aromatic rings. The summed E-state index contributed by atoms with van der Waals surface area (Å²) in [4.78, 5) is 109. The van der Waals surface area contributed by atoms with E-state index in [2.05, 4.69) is 21.3 Å². The molecule has 21 nitrogen and oxygen atoms in total. The van der Waals surface area contributed by atoms with Crippen LogP contribution in [0.5, 0.6) is 0 Å². The van der Waals surface area contributed by atoms with Crippen LogP contribution in [-0.4, -0.2) is 123 Å². The van der Waals surface area contributed by atoms with E-state index < -0.39 is 115 Å². The molecule has 0 unspecified atom stereocenters. The number of rotatable bonds is 24. The number of hydrogen-bond acceptors (Lipinski definition) is 12. The molecule has 0 fully saturated rings. The second-order valence-corrected chi connectivity index (χ2v) is 10.4. The number of aliphatic hydroxyl groups excluding tert-OH is 1. The zero-order valence-electron chi connectivity index (χ0n) is 25.7. The fourth-order valence-electron chi connectivity index (χ4n) is 3.80. The van der Waals surface area contributed by atoms with E-state index in [1.807, 2.05) is 5.32 Å². The lowest BCUT2D eigenvalue weighted by molar-refractivity contribution is -0.144. The van der Waals surface area contributed by atoms with Gasteiger partial charge in [0.1, 0.15) is 30.2 Å². The van der Waals surface area contributed by atoms with Crippen LogP contribution in [-0.2, 0) is 43.2 Å². The average Bonchev–Trinajstić information content (AvgIpc) is 2.98. The number of carboxylic acid groups (broad SMARTS) is 3. The molecule has 0 aromatic carbocycles. The van der Waals surface area contributed by atoms with Gasteiger partial charge in [0.05, 0.1) is 19.1 Å². The summed E-state index contributed by atoms with van der Waals surface area (Å²) >= 11 is 0. The molecule has 0 bridgehead atoms. The van der Waals surface area contributed by atoms with E-state index >= 15 is 0 Å². The van der Waals surface area contributed by atoms with Gasteiger partial charge in [-0.2, -0.15) is 0 Å². The van der Waals surface area contributed by atoms with Crippen molar-refractivity contribution in [1.82, 2.24) is 26.6 Å². The molecule has 15 N–H and O–H groups in total. The highest BCUT2D eigenvalue weighted by atomic mass is 16.4. The van der Waals surface area contributed by atoms with Gasteiger partial charge < -0.3 is 64.2 Å². The van der Waals surface area contributed by atoms with Crippen molar-refractivity contribution in [2.24, 2.45) is 17.2 Å². The normalized spacial score (nSPS) is 14.6. The Hall–Kier alpha value is -4.89. The number of aliphatic hydroxyl groups is 1. The Morgan fingerprint density at radius 3 is 1.60 bits per heavy atom. The maximum absolute atomic E-state index is 13.0. The van der Waals surface area contributed by atoms with Crippen molar-refractivity contribution in [3.8, 4) is 0 Å². The summed E-state index contributed by atoms with van der Waals surface area (Å²) in [6.07, 6.45) is -1.53. The van der Waals surface area contributed by atoms with Gasteiger partial charge in [-0.25, -0.2) is 4.79 Å². The minimum absolute atomic E-state index is 0.249. The first-order chi connectivity index (χ1) is 21.9. The summed E-state index contributed by atoms with van der Waals surface area (Å²) in [6.45, 7) is 0.487. The molecular formula is C26H44N8O13. The van der Waals surface area contributed by atoms with Crippen LogP contribution < -0.4 is 43.8 Å². The molecule has 0 radical (unpaired) electrons. The molecule has 0 spiro atoms. The zero-order valence-corrected chi connectivity index (χ0v) is 25.7. The molecule has 0 aliphatic heterocycles. The molecule has 6 amide bonds. The Balaban J connectivity index is 5.75. The SMILES string of the molecule is C[C@H](NC(=O)[C@H](CCC(N)=O)NC(=O)[C@@H](N)CCCCN)C(=O)N[C@@H](CC(=O)O)C(=O)N[C@@H](CCC(=O)O)C(=O)N[C@@H](CO)C(=O)O. The Kier molecular flexibility index (Phi) is 19.5. The van der Waals surface area contributed by atoms with Gasteiger partial charge in [0.2, 0.25) is 35.4 Å². The standard InChI is InChI=1S/C26H44N8O13/c1-12(30-23(43)14(5-7-18(29)36)31-22(42)13(28)4-2-3-9-27)21(41)33-16(10-20(39)40)25(45)32-15(6-8-19(37)38)24(44)34-17(11-35)26(46)47/h12-17,35H,2-11,27-28H2,1H3,(H2,29,36)(H,30,43)(H,31,42)(H,32,45)(H,33,41)(H,34,44)(H,37,38)(H,39,40)(H,46,47)/t12-,13-,14-,15-,16-,17-/m0/s1. The molecule has 0 aliphatic rings. The van der Waals surface area contributed by atoms with Crippen LogP contribution in [0.1, 0.15) is 58.3 Å². The predicted molar refractivity (Wildman–Crippen MR) is 158 cm³/mol. The van der Waals surface area contributed by atoms with Crippen molar-refractivity contribution in [3.05, 3.63) is 0 Å². The Bertz CT molecular complexity index is 1150. The molecular weight excluding hydrogens is 632 g/mol. The van der Waals surface area contributed by atoms with Crippen molar-refractivity contribution in [1.29, 1.82) is 0 Å². The molecule has 6 atom stereocenters. The van der Waals surface area contributed by atoms with Gasteiger partial charge in [0.15, 0.2) is 0 Å². The monoisotopic (exact) mass is 676 g/mol. The third-order valence-electron chi connectivity index (χ3n) is 6.46. The number of nitrogens with one attached hydrogen (secondary N) is 5. The van der Waals surface area contributed by atoms with Crippen molar-refractivity contribution >= 4 is 53.4 Å². The number of carbonyl (C=O) groups is 9. The Labute approximate surface area is 268 Å². The van der Waals surface area contributed by atoms with E-state index in [9.17, 15) is 48.3 Å². The van der Waals surface area contributed by atoms with Gasteiger partial charge in [0.25, 0.3) is 0 Å². The first-order valence-corrected chi connectivity index (χ1v) is 14.5. The number of carbonyl (C=O) groups excluding carboxylic acids is 6. The lowest BCUT2D eigenvalue weighted by Gasteiger charge is -2.25. The third kappa shape index (κ3) is 17.4. The first kappa shape index (κ1) is 42.1. The minimum Gasteiger partial charge on any atom is -0.481 e. The summed E-state index contributed by atoms with van der Waals surface area (Å²) in [6, 6.07) is -9.27. The molecule has 0 heterocycles. The molecule has 47 heavy (non-hydrogen) atoms. The first-order valence-electron chi connectivity index (χ1n) is 14.5. The molecule has 0 rings (SSSR count). The third-order valence-corrected chi connectivity index (χ3v) is 6.46. The Morgan fingerprint density at radius 1 is 0.617 bits per heavy atom. The summed E-state index contributed by atoms with van der Waals surface area (Å²) in [5.74, 6) is -10.7. The topological polar surface area (TPSA) is 373 Å². The van der Waals surface area contributed by atoms with Crippen LogP contribution in [0, 0.1) is 0 Å². The highest BCUT2D eigenvalue weighted by Gasteiger charge is 2.33. The summed E-state index contributed by atoms with van der Waals surface area (Å²) in [5.41, 5.74) is 16.4. The number of hydrogen-bond donors (Lipinski definition) is 12. The van der Waals surface area contributed by atoms with Gasteiger partial charge in [-0.15, -0.1) is 0 Å². The molecule has 266 valence electrons. The van der Waals surface area contributed by atoms with Crippen molar-refractivity contribution < 1.29 is 63.6 Å². The molecule has 0 aromatic heterocycles.